The van der Waals surface area contributed by atoms with Gasteiger partial charge in [0.25, 0.3) is 0 Å². The molecule has 0 bridgehead atoms. The molecule has 0 aliphatic heterocycles. The lowest BCUT2D eigenvalue weighted by Gasteiger charge is -2.22. The maximum absolute atomic E-state index is 5.32. The van der Waals surface area contributed by atoms with Gasteiger partial charge in [0.15, 0.2) is 6.71 Å². The monoisotopic (exact) mass is 388 g/mol. The Hall–Kier alpha value is -2.88. The fourth-order valence-corrected chi connectivity index (χ4v) is 3.73. The molecule has 0 aliphatic rings. The average Bonchev–Trinajstić information content (AvgIpc) is 2.79. The van der Waals surface area contributed by atoms with Crippen LogP contribution < -0.4 is 14.2 Å². The van der Waals surface area contributed by atoms with Crippen molar-refractivity contribution in [3.8, 4) is 17.2 Å². The molecule has 0 radical (unpaired) electrons. The topological polar surface area (TPSA) is 27.7 Å². The average molecular weight is 388 g/mol. The van der Waals surface area contributed by atoms with E-state index < -0.39 is 0 Å². The fourth-order valence-electron chi connectivity index (χ4n) is 3.73. The van der Waals surface area contributed by atoms with Crippen molar-refractivity contribution in [2.45, 2.75) is 25.4 Å². The first-order valence-corrected chi connectivity index (χ1v) is 10.0. The summed E-state index contributed by atoms with van der Waals surface area (Å²) >= 11 is 0. The summed E-state index contributed by atoms with van der Waals surface area (Å²) in [5.74, 6) is 3.08. The van der Waals surface area contributed by atoms with Crippen molar-refractivity contribution in [2.24, 2.45) is 0 Å². The molecule has 3 aromatic carbocycles. The lowest BCUT2D eigenvalue weighted by atomic mass is 9.35. The van der Waals surface area contributed by atoms with Crippen LogP contribution in [-0.2, 0) is 12.6 Å². The predicted octanol–water partition coefficient (Wildman–Crippen LogP) is 5.41. The lowest BCUT2D eigenvalue weighted by molar-refractivity contribution is 0.414. The van der Waals surface area contributed by atoms with Gasteiger partial charge in [-0.1, -0.05) is 60.0 Å². The molecule has 0 spiro atoms. The molecule has 0 saturated carbocycles. The highest BCUT2D eigenvalue weighted by Crippen LogP contribution is 2.26. The molecule has 1 unspecified atom stereocenters. The van der Waals surface area contributed by atoms with E-state index in [1.165, 1.54) is 16.7 Å². The van der Waals surface area contributed by atoms with E-state index in [1.54, 1.807) is 21.3 Å². The van der Waals surface area contributed by atoms with Gasteiger partial charge in [-0.3, -0.25) is 0 Å². The molecule has 3 rings (SSSR count). The molecule has 0 heterocycles. The van der Waals surface area contributed by atoms with Crippen LogP contribution in [0.2, 0.25) is 0 Å². The molecule has 4 heteroatoms. The van der Waals surface area contributed by atoms with E-state index >= 15 is 0 Å². The predicted molar refractivity (Wildman–Crippen MR) is 121 cm³/mol. The van der Waals surface area contributed by atoms with Crippen molar-refractivity contribution < 1.29 is 14.2 Å². The summed E-state index contributed by atoms with van der Waals surface area (Å²) in [6.07, 6.45) is 2.01. The van der Waals surface area contributed by atoms with Gasteiger partial charge in [0.2, 0.25) is 0 Å². The molecule has 0 amide bonds. The summed E-state index contributed by atoms with van der Waals surface area (Å²) in [5, 5.41) is 0. The van der Waals surface area contributed by atoms with Gasteiger partial charge in [-0.15, -0.1) is 0 Å². The minimum absolute atomic E-state index is 0.408. The van der Waals surface area contributed by atoms with Crippen LogP contribution in [0.5, 0.6) is 17.2 Å². The van der Waals surface area contributed by atoms with Crippen LogP contribution in [0, 0.1) is 0 Å². The van der Waals surface area contributed by atoms with Crippen LogP contribution in [0.1, 0.15) is 29.4 Å². The Bertz CT molecular complexity index is 824. The van der Waals surface area contributed by atoms with Crippen molar-refractivity contribution in [2.75, 3.05) is 21.3 Å². The maximum atomic E-state index is 5.32. The minimum Gasteiger partial charge on any atom is -0.497 e. The minimum atomic E-state index is 0.408. The third-order valence-electron chi connectivity index (χ3n) is 5.66. The third-order valence-corrected chi connectivity index (χ3v) is 5.66. The van der Waals surface area contributed by atoms with Crippen LogP contribution in [0.4, 0.5) is 0 Å². The van der Waals surface area contributed by atoms with E-state index in [0.717, 1.165) is 29.9 Å². The number of rotatable bonds is 9. The molecule has 29 heavy (non-hydrogen) atoms. The van der Waals surface area contributed by atoms with Crippen LogP contribution in [-0.4, -0.2) is 28.0 Å². The van der Waals surface area contributed by atoms with E-state index in [4.69, 9.17) is 14.2 Å². The van der Waals surface area contributed by atoms with Crippen LogP contribution in [0.15, 0.2) is 72.8 Å². The van der Waals surface area contributed by atoms with Crippen LogP contribution in [0.3, 0.4) is 0 Å². The first kappa shape index (κ1) is 20.8. The summed E-state index contributed by atoms with van der Waals surface area (Å²) in [7, 11) is 5.11. The van der Waals surface area contributed by atoms with Gasteiger partial charge < -0.3 is 14.2 Å². The number of hydrogen-bond donors (Lipinski definition) is 0. The summed E-state index contributed by atoms with van der Waals surface area (Å²) in [6, 6.07) is 25.3. The summed E-state index contributed by atoms with van der Waals surface area (Å²) in [6.45, 7) is 2.78. The summed E-state index contributed by atoms with van der Waals surface area (Å²) < 4.78 is 15.9. The molecule has 0 N–H and O–H groups in total. The molecule has 3 aromatic rings. The van der Waals surface area contributed by atoms with E-state index in [1.807, 2.05) is 36.4 Å². The number of hydrogen-bond acceptors (Lipinski definition) is 3. The highest BCUT2D eigenvalue weighted by molar-refractivity contribution is 6.59. The Morgan fingerprint density at radius 1 is 0.586 bits per heavy atom. The Balaban J connectivity index is 1.83. The highest BCUT2D eigenvalue weighted by Gasteiger charge is 2.24. The van der Waals surface area contributed by atoms with Crippen molar-refractivity contribution in [3.63, 3.8) is 0 Å². The van der Waals surface area contributed by atoms with Crippen LogP contribution in [0.25, 0.3) is 0 Å². The number of ether oxygens (including phenoxy) is 3. The first-order valence-electron chi connectivity index (χ1n) is 10.0. The molecule has 1 atom stereocenters. The second-order valence-corrected chi connectivity index (χ2v) is 7.43. The highest BCUT2D eigenvalue weighted by atomic mass is 16.5. The first-order chi connectivity index (χ1) is 14.1. The Morgan fingerprint density at radius 3 is 1.28 bits per heavy atom. The quantitative estimate of drug-likeness (QED) is 0.459. The standard InChI is InChI=1S/C25H29BO3/c1-19(22-9-15-25(29-4)16-10-22)26(17-20-5-11-23(27-2)12-6-20)18-21-7-13-24(28-3)14-8-21/h5-16,19H,17-18H2,1-4H3. The Morgan fingerprint density at radius 2 is 0.931 bits per heavy atom. The van der Waals surface area contributed by atoms with Gasteiger partial charge in [0, 0.05) is 0 Å². The molecule has 0 aliphatic carbocycles. The second kappa shape index (κ2) is 10.1. The smallest absolute Gasteiger partial charge is 0.156 e. The molecule has 0 saturated heterocycles. The normalized spacial score (nSPS) is 11.6. The molecule has 0 fully saturated rings. The Labute approximate surface area is 174 Å². The largest absolute Gasteiger partial charge is 0.497 e. The third kappa shape index (κ3) is 5.57. The van der Waals surface area contributed by atoms with Gasteiger partial charge in [0.1, 0.15) is 17.2 Å². The van der Waals surface area contributed by atoms with Crippen molar-refractivity contribution in [1.29, 1.82) is 0 Å². The van der Waals surface area contributed by atoms with E-state index in [0.29, 0.717) is 12.5 Å². The lowest BCUT2D eigenvalue weighted by Crippen LogP contribution is -2.28. The molecule has 0 aromatic heterocycles. The van der Waals surface area contributed by atoms with E-state index in [-0.39, 0.29) is 0 Å². The second-order valence-electron chi connectivity index (χ2n) is 7.43. The zero-order chi connectivity index (χ0) is 20.6. The van der Waals surface area contributed by atoms with Crippen molar-refractivity contribution in [3.05, 3.63) is 89.5 Å². The summed E-state index contributed by atoms with van der Waals surface area (Å²) in [4.78, 5) is 0. The van der Waals surface area contributed by atoms with Gasteiger partial charge >= 0.3 is 0 Å². The Kier molecular flexibility index (Phi) is 7.23. The number of methoxy groups -OCH3 is 3. The van der Waals surface area contributed by atoms with E-state index in [9.17, 15) is 0 Å². The SMILES string of the molecule is COc1ccc(CB(Cc2ccc(OC)cc2)C(C)c2ccc(OC)cc2)cc1. The number of benzene rings is 3. The van der Waals surface area contributed by atoms with Gasteiger partial charge in [-0.25, -0.2) is 0 Å². The zero-order valence-corrected chi connectivity index (χ0v) is 17.7. The van der Waals surface area contributed by atoms with Crippen molar-refractivity contribution >= 4 is 6.71 Å². The molecular weight excluding hydrogens is 359 g/mol. The molecular formula is C25H29BO3. The zero-order valence-electron chi connectivity index (χ0n) is 17.7. The van der Waals surface area contributed by atoms with Gasteiger partial charge in [0.05, 0.1) is 21.3 Å². The van der Waals surface area contributed by atoms with E-state index in [2.05, 4.69) is 43.3 Å². The van der Waals surface area contributed by atoms with Crippen molar-refractivity contribution in [1.82, 2.24) is 0 Å². The maximum Gasteiger partial charge on any atom is 0.156 e. The van der Waals surface area contributed by atoms with Gasteiger partial charge in [-0.05, 0) is 54.9 Å². The van der Waals surface area contributed by atoms with Gasteiger partial charge in [-0.2, -0.15) is 0 Å². The molecule has 3 nitrogen and oxygen atoms in total. The fraction of sp³-hybridized carbons (Fsp3) is 0.280. The van der Waals surface area contributed by atoms with Crippen LogP contribution >= 0.6 is 0 Å². The molecule has 150 valence electrons. The summed E-state index contributed by atoms with van der Waals surface area (Å²) in [5.41, 5.74) is 3.98.